The fraction of sp³-hybridized carbons (Fsp3) is 0. The van der Waals surface area contributed by atoms with Gasteiger partial charge in [0.2, 0.25) is 0 Å². The van der Waals surface area contributed by atoms with Crippen molar-refractivity contribution in [3.8, 4) is 11.1 Å². The summed E-state index contributed by atoms with van der Waals surface area (Å²) in [6.07, 6.45) is 0. The minimum Gasteiger partial charge on any atom is -0.0616 e. The molecule has 0 aliphatic heterocycles. The summed E-state index contributed by atoms with van der Waals surface area (Å²) < 4.78 is 0.987. The van der Waals surface area contributed by atoms with Crippen LogP contribution in [0.2, 0.25) is 0 Å². The van der Waals surface area contributed by atoms with Crippen molar-refractivity contribution in [3.05, 3.63) is 71.2 Å². The second-order valence-corrected chi connectivity index (χ2v) is 4.81. The Kier molecular flexibility index (Phi) is 2.69. The van der Waals surface area contributed by atoms with Crippen LogP contribution in [0.25, 0.3) is 21.9 Å². The molecule has 0 aliphatic carbocycles. The lowest BCUT2D eigenvalue weighted by Crippen LogP contribution is -1.80. The van der Waals surface area contributed by atoms with E-state index in [0.29, 0.717) is 0 Å². The van der Waals surface area contributed by atoms with Crippen LogP contribution in [0.1, 0.15) is 0 Å². The number of fused-ring (bicyclic) bond motifs is 1. The summed E-state index contributed by atoms with van der Waals surface area (Å²) in [5, 5.41) is 2.55. The molecule has 0 N–H and O–H groups in total. The molecule has 0 heterocycles. The van der Waals surface area contributed by atoms with Gasteiger partial charge in [0.05, 0.1) is 0 Å². The largest absolute Gasteiger partial charge is 0.0616 e. The summed E-state index contributed by atoms with van der Waals surface area (Å²) in [5.41, 5.74) is 2.46. The molecule has 0 spiro atoms. The summed E-state index contributed by atoms with van der Waals surface area (Å²) in [4.78, 5) is 0. The first kappa shape index (κ1) is 10.5. The van der Waals surface area contributed by atoms with Crippen molar-refractivity contribution in [2.24, 2.45) is 0 Å². The van der Waals surface area contributed by atoms with E-state index in [0.717, 1.165) is 4.47 Å². The molecule has 3 aromatic carbocycles. The summed E-state index contributed by atoms with van der Waals surface area (Å²) in [7, 11) is 0. The Balaban J connectivity index is 2.27. The first-order valence-corrected chi connectivity index (χ1v) is 6.29. The van der Waals surface area contributed by atoms with E-state index in [1.165, 1.54) is 21.9 Å². The van der Waals surface area contributed by atoms with Crippen LogP contribution in [-0.2, 0) is 0 Å². The minimum absolute atomic E-state index is 0.987. The van der Waals surface area contributed by atoms with Crippen LogP contribution >= 0.6 is 15.9 Å². The van der Waals surface area contributed by atoms with E-state index in [-0.39, 0.29) is 0 Å². The third-order valence-electron chi connectivity index (χ3n) is 2.88. The number of halogens is 1. The number of hydrogen-bond donors (Lipinski definition) is 0. The van der Waals surface area contributed by atoms with Crippen LogP contribution in [0.4, 0.5) is 0 Å². The zero-order chi connectivity index (χ0) is 11.7. The maximum atomic E-state index is 3.41. The summed E-state index contributed by atoms with van der Waals surface area (Å²) in [5.74, 6) is 0. The molecule has 3 aromatic rings. The Bertz CT molecular complexity index is 648. The normalized spacial score (nSPS) is 10.6. The number of rotatable bonds is 1. The van der Waals surface area contributed by atoms with Crippen molar-refractivity contribution >= 4 is 26.7 Å². The highest BCUT2D eigenvalue weighted by Gasteiger charge is 2.02. The lowest BCUT2D eigenvalue weighted by atomic mass is 9.98. The van der Waals surface area contributed by atoms with Gasteiger partial charge in [-0.15, -0.1) is 0 Å². The van der Waals surface area contributed by atoms with Crippen molar-refractivity contribution < 1.29 is 0 Å². The Hall–Kier alpha value is -1.60. The van der Waals surface area contributed by atoms with Crippen LogP contribution < -0.4 is 0 Å². The Morgan fingerprint density at radius 3 is 2.47 bits per heavy atom. The zero-order valence-electron chi connectivity index (χ0n) is 9.15. The van der Waals surface area contributed by atoms with Crippen LogP contribution in [0.3, 0.4) is 0 Å². The maximum Gasteiger partial charge on any atom is 0.0254 e. The van der Waals surface area contributed by atoms with Crippen molar-refractivity contribution in [2.75, 3.05) is 0 Å². The highest BCUT2D eigenvalue weighted by atomic mass is 79.9. The van der Waals surface area contributed by atoms with Crippen molar-refractivity contribution in [1.29, 1.82) is 0 Å². The van der Waals surface area contributed by atoms with Crippen LogP contribution in [0.15, 0.2) is 65.1 Å². The lowest BCUT2D eigenvalue weighted by molar-refractivity contribution is 1.60. The van der Waals surface area contributed by atoms with Gasteiger partial charge < -0.3 is 0 Å². The average molecular weight is 282 g/mol. The van der Waals surface area contributed by atoms with Gasteiger partial charge in [-0.05, 0) is 40.1 Å². The van der Waals surface area contributed by atoms with Crippen LogP contribution in [-0.4, -0.2) is 0 Å². The second kappa shape index (κ2) is 4.34. The van der Waals surface area contributed by atoms with E-state index < -0.39 is 0 Å². The molecule has 0 atom stereocenters. The molecule has 0 saturated carbocycles. The van der Waals surface area contributed by atoms with Gasteiger partial charge in [-0.2, -0.15) is 0 Å². The van der Waals surface area contributed by atoms with Gasteiger partial charge in [-0.25, -0.2) is 0 Å². The van der Waals surface area contributed by atoms with Gasteiger partial charge in [-0.3, -0.25) is 0 Å². The Morgan fingerprint density at radius 1 is 0.824 bits per heavy atom. The highest BCUT2D eigenvalue weighted by Crippen LogP contribution is 2.28. The van der Waals surface area contributed by atoms with Gasteiger partial charge in [0.1, 0.15) is 0 Å². The molecular weight excluding hydrogens is 272 g/mol. The molecular formula is C16H10Br. The lowest BCUT2D eigenvalue weighted by Gasteiger charge is -2.06. The number of hydrogen-bond acceptors (Lipinski definition) is 0. The average Bonchev–Trinajstić information content (AvgIpc) is 2.39. The van der Waals surface area contributed by atoms with Crippen LogP contribution in [0.5, 0.6) is 0 Å². The Labute approximate surface area is 109 Å². The van der Waals surface area contributed by atoms with E-state index in [9.17, 15) is 0 Å². The molecule has 0 aliphatic rings. The Morgan fingerprint density at radius 2 is 1.65 bits per heavy atom. The van der Waals surface area contributed by atoms with E-state index in [1.807, 2.05) is 12.1 Å². The third-order valence-corrected chi connectivity index (χ3v) is 3.37. The monoisotopic (exact) mass is 281 g/mol. The minimum atomic E-state index is 0.987. The molecule has 1 heteroatoms. The standard InChI is InChI=1S/C16H10Br/c17-14-10-8-13(9-11-14)16-7-3-5-12-4-1-2-6-15(12)16/h1-10H. The van der Waals surface area contributed by atoms with Gasteiger partial charge in [0, 0.05) is 4.47 Å². The first-order chi connectivity index (χ1) is 8.34. The maximum absolute atomic E-state index is 3.41. The van der Waals surface area contributed by atoms with E-state index >= 15 is 0 Å². The van der Waals surface area contributed by atoms with Crippen molar-refractivity contribution in [3.63, 3.8) is 0 Å². The van der Waals surface area contributed by atoms with Gasteiger partial charge in [0.15, 0.2) is 0 Å². The molecule has 0 unspecified atom stereocenters. The molecule has 0 saturated heterocycles. The molecule has 0 nitrogen and oxygen atoms in total. The molecule has 17 heavy (non-hydrogen) atoms. The molecule has 0 amide bonds. The fourth-order valence-corrected chi connectivity index (χ4v) is 2.30. The van der Waals surface area contributed by atoms with Gasteiger partial charge >= 0.3 is 0 Å². The summed E-state index contributed by atoms with van der Waals surface area (Å²) in [6.45, 7) is 0. The SMILES string of the molecule is Brc1[c]cc(-c2cccc3ccccc23)cc1. The highest BCUT2D eigenvalue weighted by molar-refractivity contribution is 9.10. The molecule has 81 valence electrons. The first-order valence-electron chi connectivity index (χ1n) is 5.50. The smallest absolute Gasteiger partial charge is 0.0254 e. The summed E-state index contributed by atoms with van der Waals surface area (Å²) in [6, 6.07) is 24.2. The molecule has 1 radical (unpaired) electrons. The molecule has 0 aromatic heterocycles. The molecule has 0 fully saturated rings. The van der Waals surface area contributed by atoms with Gasteiger partial charge in [-0.1, -0.05) is 64.5 Å². The summed E-state index contributed by atoms with van der Waals surface area (Å²) >= 11 is 3.41. The van der Waals surface area contributed by atoms with E-state index in [1.54, 1.807) is 0 Å². The van der Waals surface area contributed by atoms with E-state index in [4.69, 9.17) is 0 Å². The van der Waals surface area contributed by atoms with Crippen molar-refractivity contribution in [2.45, 2.75) is 0 Å². The topological polar surface area (TPSA) is 0 Å². The predicted molar refractivity (Wildman–Crippen MR) is 75.9 cm³/mol. The quantitative estimate of drug-likeness (QED) is 0.584. The fourth-order valence-electron chi connectivity index (χ4n) is 2.05. The second-order valence-electron chi connectivity index (χ2n) is 3.95. The van der Waals surface area contributed by atoms with E-state index in [2.05, 4.69) is 70.5 Å². The number of benzene rings is 3. The van der Waals surface area contributed by atoms with Crippen molar-refractivity contribution in [1.82, 2.24) is 0 Å². The van der Waals surface area contributed by atoms with Crippen LogP contribution in [0, 0.1) is 6.07 Å². The molecule has 3 rings (SSSR count). The zero-order valence-corrected chi connectivity index (χ0v) is 10.7. The van der Waals surface area contributed by atoms with Gasteiger partial charge in [0.25, 0.3) is 0 Å². The third kappa shape index (κ3) is 1.98. The predicted octanol–water partition coefficient (Wildman–Crippen LogP) is 5.07. The molecule has 0 bridgehead atoms.